The third-order valence-corrected chi connectivity index (χ3v) is 3.87. The first-order valence-electron chi connectivity index (χ1n) is 6.11. The van der Waals surface area contributed by atoms with Crippen LogP contribution in [0.4, 0.5) is 0 Å². The molecule has 0 aliphatic carbocycles. The summed E-state index contributed by atoms with van der Waals surface area (Å²) in [5.41, 5.74) is 3.91. The van der Waals surface area contributed by atoms with Crippen LogP contribution in [0.1, 0.15) is 12.0 Å². The molecule has 6 heteroatoms. The Hall–Kier alpha value is -2.08. The Kier molecular flexibility index (Phi) is 2.41. The maximum absolute atomic E-state index is 5.59. The van der Waals surface area contributed by atoms with E-state index < -0.39 is 0 Å². The summed E-state index contributed by atoms with van der Waals surface area (Å²) in [5.74, 6) is 0.900. The molecule has 1 aliphatic heterocycles. The van der Waals surface area contributed by atoms with Gasteiger partial charge in [-0.3, -0.25) is 4.98 Å². The highest BCUT2D eigenvalue weighted by atomic mass is 32.1. The normalized spacial score (nSPS) is 14.1. The highest BCUT2D eigenvalue weighted by molar-refractivity contribution is 7.12. The molecule has 0 fully saturated rings. The second-order valence-electron chi connectivity index (χ2n) is 4.41. The lowest BCUT2D eigenvalue weighted by atomic mass is 10.0. The van der Waals surface area contributed by atoms with Crippen molar-refractivity contribution in [3.05, 3.63) is 30.1 Å². The molecule has 4 heterocycles. The second kappa shape index (κ2) is 4.24. The molecule has 0 saturated heterocycles. The topological polar surface area (TPSA) is 60.8 Å². The lowest BCUT2D eigenvalue weighted by Crippen LogP contribution is -2.08. The molecule has 1 aliphatic rings. The van der Waals surface area contributed by atoms with Gasteiger partial charge in [-0.2, -0.15) is 0 Å². The van der Waals surface area contributed by atoms with Crippen LogP contribution < -0.4 is 4.74 Å². The fraction of sp³-hybridized carbons (Fsp3) is 0.231. The summed E-state index contributed by atoms with van der Waals surface area (Å²) in [6.07, 6.45) is 5.67. The maximum Gasteiger partial charge on any atom is 0.164 e. The molecule has 5 nitrogen and oxygen atoms in total. The number of aromatic nitrogens is 4. The Balaban J connectivity index is 1.90. The van der Waals surface area contributed by atoms with Crippen molar-refractivity contribution in [1.82, 2.24) is 19.6 Å². The van der Waals surface area contributed by atoms with Crippen LogP contribution in [-0.4, -0.2) is 26.2 Å². The number of hydrogen-bond donors (Lipinski definition) is 0. The van der Waals surface area contributed by atoms with Gasteiger partial charge in [0.15, 0.2) is 4.83 Å². The minimum absolute atomic E-state index is 0.781. The molecule has 0 amide bonds. The van der Waals surface area contributed by atoms with Gasteiger partial charge in [0.1, 0.15) is 11.3 Å². The number of nitrogens with zero attached hydrogens (tertiary/aromatic N) is 4. The summed E-state index contributed by atoms with van der Waals surface area (Å²) >= 11 is 1.30. The number of hydrogen-bond acceptors (Lipinski definition) is 6. The quantitative estimate of drug-likeness (QED) is 0.679. The zero-order valence-corrected chi connectivity index (χ0v) is 10.9. The first kappa shape index (κ1) is 10.8. The van der Waals surface area contributed by atoms with Gasteiger partial charge in [-0.1, -0.05) is 4.49 Å². The number of pyridine rings is 2. The van der Waals surface area contributed by atoms with Gasteiger partial charge in [-0.25, -0.2) is 4.98 Å². The van der Waals surface area contributed by atoms with E-state index in [0.29, 0.717) is 0 Å². The molecule has 0 aromatic carbocycles. The van der Waals surface area contributed by atoms with Gasteiger partial charge in [-0.15, -0.1) is 5.10 Å². The monoisotopic (exact) mass is 270 g/mol. The Morgan fingerprint density at radius 2 is 2.26 bits per heavy atom. The molecule has 0 N–H and O–H groups in total. The Bertz CT molecular complexity index is 755. The van der Waals surface area contributed by atoms with Crippen molar-refractivity contribution in [1.29, 1.82) is 0 Å². The van der Waals surface area contributed by atoms with Crippen molar-refractivity contribution in [2.45, 2.75) is 12.8 Å². The van der Waals surface area contributed by atoms with Crippen LogP contribution in [0.3, 0.4) is 0 Å². The molecule has 19 heavy (non-hydrogen) atoms. The molecular weight excluding hydrogens is 260 g/mol. The van der Waals surface area contributed by atoms with E-state index in [1.165, 1.54) is 17.1 Å². The van der Waals surface area contributed by atoms with Crippen molar-refractivity contribution >= 4 is 21.9 Å². The van der Waals surface area contributed by atoms with Crippen LogP contribution in [0.2, 0.25) is 0 Å². The highest BCUT2D eigenvalue weighted by Gasteiger charge is 2.14. The first-order chi connectivity index (χ1) is 9.42. The third kappa shape index (κ3) is 1.76. The van der Waals surface area contributed by atoms with E-state index in [1.807, 2.05) is 6.07 Å². The standard InChI is InChI=1S/C13H10N4OS/c1-2-8-6-10(15-7-11(8)18-5-1)9-3-4-14-13-12(9)16-17-19-13/h3-4,6-7H,1-2,5H2. The molecule has 0 unspecified atom stereocenters. The van der Waals surface area contributed by atoms with Gasteiger partial charge in [-0.05, 0) is 30.5 Å². The van der Waals surface area contributed by atoms with E-state index >= 15 is 0 Å². The molecular formula is C13H10N4OS. The van der Waals surface area contributed by atoms with Crippen molar-refractivity contribution in [3.8, 4) is 17.0 Å². The number of fused-ring (bicyclic) bond motifs is 2. The summed E-state index contributed by atoms with van der Waals surface area (Å²) in [5, 5.41) is 4.14. The predicted molar refractivity (Wildman–Crippen MR) is 72.3 cm³/mol. The Labute approximate surface area is 113 Å². The molecule has 0 spiro atoms. The van der Waals surface area contributed by atoms with E-state index in [2.05, 4.69) is 25.6 Å². The van der Waals surface area contributed by atoms with Crippen LogP contribution in [0.5, 0.6) is 5.75 Å². The van der Waals surface area contributed by atoms with E-state index in [1.54, 1.807) is 12.4 Å². The minimum atomic E-state index is 0.781. The molecule has 0 bridgehead atoms. The fourth-order valence-corrected chi connectivity index (χ4v) is 2.85. The van der Waals surface area contributed by atoms with Crippen molar-refractivity contribution in [2.75, 3.05) is 6.61 Å². The average Bonchev–Trinajstić information content (AvgIpc) is 2.95. The average molecular weight is 270 g/mol. The second-order valence-corrected chi connectivity index (χ2v) is 5.15. The zero-order chi connectivity index (χ0) is 12.7. The summed E-state index contributed by atoms with van der Waals surface area (Å²) in [6, 6.07) is 4.02. The summed E-state index contributed by atoms with van der Waals surface area (Å²) in [4.78, 5) is 9.57. The minimum Gasteiger partial charge on any atom is -0.492 e. The maximum atomic E-state index is 5.59. The van der Waals surface area contributed by atoms with Gasteiger partial charge < -0.3 is 4.74 Å². The van der Waals surface area contributed by atoms with E-state index in [9.17, 15) is 0 Å². The van der Waals surface area contributed by atoms with Crippen LogP contribution in [0, 0.1) is 0 Å². The van der Waals surface area contributed by atoms with Crippen LogP contribution in [0.15, 0.2) is 24.5 Å². The van der Waals surface area contributed by atoms with E-state index in [0.717, 1.165) is 46.8 Å². The molecule has 4 rings (SSSR count). The third-order valence-electron chi connectivity index (χ3n) is 3.23. The molecule has 94 valence electrons. The molecule has 3 aromatic heterocycles. The van der Waals surface area contributed by atoms with Gasteiger partial charge in [0.25, 0.3) is 0 Å². The largest absolute Gasteiger partial charge is 0.492 e. The fourth-order valence-electron chi connectivity index (χ4n) is 2.31. The van der Waals surface area contributed by atoms with Crippen molar-refractivity contribution in [3.63, 3.8) is 0 Å². The Morgan fingerprint density at radius 1 is 1.26 bits per heavy atom. The van der Waals surface area contributed by atoms with Gasteiger partial charge in [0, 0.05) is 23.3 Å². The summed E-state index contributed by atoms with van der Waals surface area (Å²) in [6.45, 7) is 0.781. The Morgan fingerprint density at radius 3 is 3.26 bits per heavy atom. The molecule has 0 radical (unpaired) electrons. The molecule has 3 aromatic rings. The van der Waals surface area contributed by atoms with Crippen LogP contribution in [0.25, 0.3) is 21.6 Å². The number of aryl methyl sites for hydroxylation is 1. The van der Waals surface area contributed by atoms with Gasteiger partial charge in [0.2, 0.25) is 0 Å². The molecule has 0 saturated carbocycles. The smallest absolute Gasteiger partial charge is 0.164 e. The van der Waals surface area contributed by atoms with Gasteiger partial charge in [0.05, 0.1) is 18.5 Å². The number of rotatable bonds is 1. The predicted octanol–water partition coefficient (Wildman–Crippen LogP) is 2.47. The highest BCUT2D eigenvalue weighted by Crippen LogP contribution is 2.30. The first-order valence-corrected chi connectivity index (χ1v) is 6.88. The van der Waals surface area contributed by atoms with Crippen LogP contribution >= 0.6 is 11.5 Å². The number of ether oxygens (including phenoxy) is 1. The lowest BCUT2D eigenvalue weighted by molar-refractivity contribution is 0.287. The summed E-state index contributed by atoms with van der Waals surface area (Å²) < 4.78 is 9.54. The lowest BCUT2D eigenvalue weighted by Gasteiger charge is -2.17. The van der Waals surface area contributed by atoms with Crippen LogP contribution in [-0.2, 0) is 6.42 Å². The van der Waals surface area contributed by atoms with E-state index in [4.69, 9.17) is 4.74 Å². The van der Waals surface area contributed by atoms with Crippen molar-refractivity contribution < 1.29 is 4.74 Å². The zero-order valence-electron chi connectivity index (χ0n) is 10.0. The molecule has 0 atom stereocenters. The summed E-state index contributed by atoms with van der Waals surface area (Å²) in [7, 11) is 0. The van der Waals surface area contributed by atoms with E-state index in [-0.39, 0.29) is 0 Å². The van der Waals surface area contributed by atoms with Crippen molar-refractivity contribution in [2.24, 2.45) is 0 Å². The van der Waals surface area contributed by atoms with Gasteiger partial charge >= 0.3 is 0 Å². The SMILES string of the molecule is c1cc(-c2cc3c(cn2)OCCC3)c2nnsc2n1.